The second-order valence-electron chi connectivity index (χ2n) is 6.83. The number of piperidine rings is 1. The number of carbonyl (C=O) groups is 1. The Hall–Kier alpha value is -2.70. The van der Waals surface area contributed by atoms with Crippen LogP contribution in [-0.4, -0.2) is 56.7 Å². The normalized spacial score (nSPS) is 16.6. The van der Waals surface area contributed by atoms with Crippen LogP contribution in [0.5, 0.6) is 0 Å². The standard InChI is InChI=1S/C17H17F6N5O2/c18-16(19,20)10-27-5-3-11(4-6-27)15(29)30-9-13-8-28(26-25-13)14-2-1-12(7-24-14)17(21,22)23/h1-2,7-8,11H,3-6,9-10H2. The number of rotatable bonds is 5. The van der Waals surface area contributed by atoms with Crippen LogP contribution in [0.1, 0.15) is 24.1 Å². The third-order valence-electron chi connectivity index (χ3n) is 4.54. The van der Waals surface area contributed by atoms with E-state index in [4.69, 9.17) is 4.74 Å². The molecule has 1 aliphatic heterocycles. The zero-order valence-electron chi connectivity index (χ0n) is 15.4. The van der Waals surface area contributed by atoms with Crippen LogP contribution < -0.4 is 0 Å². The molecule has 0 amide bonds. The molecule has 0 N–H and O–H groups in total. The highest BCUT2D eigenvalue weighted by molar-refractivity contribution is 5.72. The SMILES string of the molecule is O=C(OCc1cn(-c2ccc(C(F)(F)F)cn2)nn1)C1CCN(CC(F)(F)F)CC1. The Labute approximate surface area is 166 Å². The van der Waals surface area contributed by atoms with Crippen molar-refractivity contribution < 1.29 is 35.9 Å². The minimum atomic E-state index is -4.50. The molecule has 0 radical (unpaired) electrons. The van der Waals surface area contributed by atoms with Crippen molar-refractivity contribution in [3.63, 3.8) is 0 Å². The number of likely N-dealkylation sites (tertiary alicyclic amines) is 1. The first-order valence-corrected chi connectivity index (χ1v) is 8.92. The Morgan fingerprint density at radius 1 is 1.13 bits per heavy atom. The van der Waals surface area contributed by atoms with Crippen molar-refractivity contribution in [3.05, 3.63) is 35.8 Å². The maximum Gasteiger partial charge on any atom is 0.417 e. The van der Waals surface area contributed by atoms with Crippen LogP contribution in [-0.2, 0) is 22.3 Å². The number of halogens is 6. The number of alkyl halides is 6. The van der Waals surface area contributed by atoms with Crippen molar-refractivity contribution in [2.24, 2.45) is 5.92 Å². The van der Waals surface area contributed by atoms with Crippen molar-refractivity contribution in [3.8, 4) is 5.82 Å². The highest BCUT2D eigenvalue weighted by atomic mass is 19.4. The van der Waals surface area contributed by atoms with Gasteiger partial charge in [-0.15, -0.1) is 5.10 Å². The van der Waals surface area contributed by atoms with E-state index < -0.39 is 36.3 Å². The third kappa shape index (κ3) is 5.90. The van der Waals surface area contributed by atoms with Gasteiger partial charge in [0.15, 0.2) is 5.82 Å². The molecule has 0 atom stereocenters. The molecule has 0 aliphatic carbocycles. The van der Waals surface area contributed by atoms with E-state index in [0.29, 0.717) is 6.20 Å². The van der Waals surface area contributed by atoms with Gasteiger partial charge in [0.2, 0.25) is 0 Å². The van der Waals surface area contributed by atoms with Crippen LogP contribution in [0, 0.1) is 5.92 Å². The van der Waals surface area contributed by atoms with Gasteiger partial charge < -0.3 is 4.74 Å². The molecule has 3 rings (SSSR count). The quantitative estimate of drug-likeness (QED) is 0.529. The lowest BCUT2D eigenvalue weighted by molar-refractivity contribution is -0.157. The number of carbonyl (C=O) groups excluding carboxylic acids is 1. The lowest BCUT2D eigenvalue weighted by Crippen LogP contribution is -2.41. The number of aromatic nitrogens is 4. The Kier molecular flexibility index (Phi) is 6.29. The van der Waals surface area contributed by atoms with E-state index in [2.05, 4.69) is 15.3 Å². The van der Waals surface area contributed by atoms with E-state index in [1.807, 2.05) is 0 Å². The average molecular weight is 437 g/mol. The number of pyridine rings is 1. The maximum atomic E-state index is 12.6. The molecule has 0 bridgehead atoms. The summed E-state index contributed by atoms with van der Waals surface area (Å²) in [6.45, 7) is -0.928. The molecule has 13 heteroatoms. The monoisotopic (exact) mass is 437 g/mol. The van der Waals surface area contributed by atoms with E-state index in [1.165, 1.54) is 11.1 Å². The number of ether oxygens (including phenoxy) is 1. The topological polar surface area (TPSA) is 73.1 Å². The summed E-state index contributed by atoms with van der Waals surface area (Å²) in [5.74, 6) is -0.935. The third-order valence-corrected chi connectivity index (χ3v) is 4.54. The van der Waals surface area contributed by atoms with Gasteiger partial charge in [0, 0.05) is 6.20 Å². The van der Waals surface area contributed by atoms with Crippen molar-refractivity contribution in [1.29, 1.82) is 0 Å². The van der Waals surface area contributed by atoms with E-state index in [-0.39, 0.29) is 44.0 Å². The van der Waals surface area contributed by atoms with Crippen LogP contribution in [0.15, 0.2) is 24.5 Å². The van der Waals surface area contributed by atoms with Gasteiger partial charge in [0.05, 0.1) is 24.2 Å². The fourth-order valence-electron chi connectivity index (χ4n) is 3.01. The largest absolute Gasteiger partial charge is 0.459 e. The first kappa shape index (κ1) is 22.0. The van der Waals surface area contributed by atoms with Gasteiger partial charge in [0.25, 0.3) is 0 Å². The van der Waals surface area contributed by atoms with Crippen molar-refractivity contribution in [1.82, 2.24) is 24.9 Å². The van der Waals surface area contributed by atoms with E-state index in [9.17, 15) is 31.1 Å². The number of esters is 1. The van der Waals surface area contributed by atoms with Gasteiger partial charge in [-0.25, -0.2) is 9.67 Å². The van der Waals surface area contributed by atoms with Gasteiger partial charge in [-0.2, -0.15) is 26.3 Å². The second kappa shape index (κ2) is 8.58. The Morgan fingerprint density at radius 2 is 1.83 bits per heavy atom. The Balaban J connectivity index is 1.49. The van der Waals surface area contributed by atoms with Crippen molar-refractivity contribution in [2.75, 3.05) is 19.6 Å². The number of hydrogen-bond donors (Lipinski definition) is 0. The van der Waals surface area contributed by atoms with Crippen LogP contribution in [0.4, 0.5) is 26.3 Å². The molecule has 0 saturated carbocycles. The molecule has 0 unspecified atom stereocenters. The zero-order chi connectivity index (χ0) is 21.9. The summed E-state index contributed by atoms with van der Waals surface area (Å²) in [5.41, 5.74) is -0.652. The minimum Gasteiger partial charge on any atom is -0.459 e. The molecule has 1 fully saturated rings. The fourth-order valence-corrected chi connectivity index (χ4v) is 3.01. The lowest BCUT2D eigenvalue weighted by Gasteiger charge is -2.31. The summed E-state index contributed by atoms with van der Waals surface area (Å²) in [6, 6.07) is 1.98. The highest BCUT2D eigenvalue weighted by Crippen LogP contribution is 2.28. The molecule has 2 aromatic heterocycles. The number of hydrogen-bond acceptors (Lipinski definition) is 6. The summed E-state index contributed by atoms with van der Waals surface area (Å²) in [4.78, 5) is 17.1. The average Bonchev–Trinajstić information content (AvgIpc) is 3.14. The second-order valence-corrected chi connectivity index (χ2v) is 6.83. The molecular weight excluding hydrogens is 420 g/mol. The van der Waals surface area contributed by atoms with Gasteiger partial charge in [0.1, 0.15) is 12.3 Å². The van der Waals surface area contributed by atoms with E-state index in [0.717, 1.165) is 16.8 Å². The molecule has 164 valence electrons. The van der Waals surface area contributed by atoms with Crippen molar-refractivity contribution in [2.45, 2.75) is 31.8 Å². The van der Waals surface area contributed by atoms with Crippen LogP contribution in [0.3, 0.4) is 0 Å². The molecule has 7 nitrogen and oxygen atoms in total. The van der Waals surface area contributed by atoms with Crippen LogP contribution in [0.25, 0.3) is 5.82 Å². The Bertz CT molecular complexity index is 857. The van der Waals surface area contributed by atoms with Gasteiger partial charge >= 0.3 is 18.3 Å². The van der Waals surface area contributed by atoms with Crippen LogP contribution >= 0.6 is 0 Å². The van der Waals surface area contributed by atoms with Crippen molar-refractivity contribution >= 4 is 5.97 Å². The lowest BCUT2D eigenvalue weighted by atomic mass is 9.97. The zero-order valence-corrected chi connectivity index (χ0v) is 15.4. The first-order valence-electron chi connectivity index (χ1n) is 8.92. The minimum absolute atomic E-state index is 0.102. The molecule has 30 heavy (non-hydrogen) atoms. The fraction of sp³-hybridized carbons (Fsp3) is 0.529. The predicted molar refractivity (Wildman–Crippen MR) is 89.2 cm³/mol. The van der Waals surface area contributed by atoms with Gasteiger partial charge in [-0.3, -0.25) is 9.69 Å². The summed E-state index contributed by atoms with van der Waals surface area (Å²) < 4.78 is 81.2. The molecule has 1 aliphatic rings. The molecule has 0 spiro atoms. The predicted octanol–water partition coefficient (Wildman–Crippen LogP) is 3.00. The molecular formula is C17H17F6N5O2. The summed E-state index contributed by atoms with van der Waals surface area (Å²) >= 11 is 0. The molecule has 0 aromatic carbocycles. The van der Waals surface area contributed by atoms with Crippen LogP contribution in [0.2, 0.25) is 0 Å². The first-order chi connectivity index (χ1) is 14.0. The molecule has 1 saturated heterocycles. The number of nitrogens with zero attached hydrogens (tertiary/aromatic N) is 5. The van der Waals surface area contributed by atoms with Gasteiger partial charge in [-0.05, 0) is 38.1 Å². The summed E-state index contributed by atoms with van der Waals surface area (Å²) in [5, 5.41) is 7.50. The summed E-state index contributed by atoms with van der Waals surface area (Å²) in [6.07, 6.45) is -6.23. The van der Waals surface area contributed by atoms with E-state index >= 15 is 0 Å². The highest BCUT2D eigenvalue weighted by Gasteiger charge is 2.34. The molecule has 3 heterocycles. The maximum absolute atomic E-state index is 12.6. The van der Waals surface area contributed by atoms with Gasteiger partial charge in [-0.1, -0.05) is 5.21 Å². The smallest absolute Gasteiger partial charge is 0.417 e. The molecule has 2 aromatic rings. The van der Waals surface area contributed by atoms with E-state index in [1.54, 1.807) is 0 Å². The summed E-state index contributed by atoms with van der Waals surface area (Å²) in [7, 11) is 0. The Morgan fingerprint density at radius 3 is 2.40 bits per heavy atom.